The average Bonchev–Trinajstić information content (AvgIpc) is 3.24. The first kappa shape index (κ1) is 20.6. The maximum absolute atomic E-state index is 12.4. The molecule has 3 rings (SSSR count). The second-order valence-corrected chi connectivity index (χ2v) is 6.10. The van der Waals surface area contributed by atoms with Crippen LogP contribution in [-0.2, 0) is 14.3 Å². The molecule has 2 aromatic carbocycles. The number of hydrogen-bond donors (Lipinski definition) is 3. The number of nitrogens with one attached hydrogen (secondary N) is 3. The molecule has 1 aliphatic rings. The molecule has 1 atom stereocenters. The molecule has 0 spiro atoms. The highest BCUT2D eigenvalue weighted by molar-refractivity contribution is 5.99. The minimum atomic E-state index is -1.36. The van der Waals surface area contributed by atoms with Gasteiger partial charge >= 0.3 is 12.0 Å². The zero-order valence-electron chi connectivity index (χ0n) is 16.0. The Kier molecular flexibility index (Phi) is 6.48. The lowest BCUT2D eigenvalue weighted by Gasteiger charge is -2.17. The van der Waals surface area contributed by atoms with Crippen LogP contribution in [0, 0.1) is 0 Å². The Morgan fingerprint density at radius 3 is 2.50 bits per heavy atom. The Labute approximate surface area is 171 Å². The molecule has 10 nitrogen and oxygen atoms in total. The van der Waals surface area contributed by atoms with Crippen LogP contribution >= 0.6 is 0 Å². The maximum Gasteiger partial charge on any atom is 0.326 e. The summed E-state index contributed by atoms with van der Waals surface area (Å²) in [6, 6.07) is 12.1. The number of imide groups is 1. The lowest BCUT2D eigenvalue weighted by atomic mass is 10.1. The van der Waals surface area contributed by atoms with Crippen molar-refractivity contribution < 1.29 is 33.4 Å². The summed E-state index contributed by atoms with van der Waals surface area (Å²) in [5, 5.41) is 6.73. The number of rotatable bonds is 6. The second kappa shape index (κ2) is 9.41. The van der Waals surface area contributed by atoms with E-state index in [-0.39, 0.29) is 12.4 Å². The van der Waals surface area contributed by atoms with Crippen molar-refractivity contribution in [2.45, 2.75) is 6.10 Å². The molecule has 0 saturated heterocycles. The van der Waals surface area contributed by atoms with Gasteiger partial charge in [0.25, 0.3) is 11.8 Å². The van der Waals surface area contributed by atoms with E-state index in [9.17, 15) is 19.2 Å². The summed E-state index contributed by atoms with van der Waals surface area (Å²) < 4.78 is 15.6. The SMILES string of the molecule is CNC(=O)NC(=O)C(OC(=O)CNC(=O)c1ccc2c(c1)OCO2)c1ccccc1. The fraction of sp³-hybridized carbons (Fsp3) is 0.200. The first-order valence-electron chi connectivity index (χ1n) is 8.93. The van der Waals surface area contributed by atoms with E-state index in [1.165, 1.54) is 19.2 Å². The molecule has 4 amide bonds. The first-order chi connectivity index (χ1) is 14.5. The van der Waals surface area contributed by atoms with Crippen LogP contribution in [0.2, 0.25) is 0 Å². The van der Waals surface area contributed by atoms with Gasteiger partial charge < -0.3 is 24.8 Å². The van der Waals surface area contributed by atoms with Gasteiger partial charge in [-0.3, -0.25) is 19.7 Å². The van der Waals surface area contributed by atoms with Crippen molar-refractivity contribution in [2.75, 3.05) is 20.4 Å². The molecule has 1 aliphatic heterocycles. The quantitative estimate of drug-likeness (QED) is 0.599. The Hall–Kier alpha value is -4.08. The van der Waals surface area contributed by atoms with Crippen LogP contribution in [0.1, 0.15) is 22.0 Å². The molecule has 1 unspecified atom stereocenters. The van der Waals surface area contributed by atoms with Gasteiger partial charge in [0.1, 0.15) is 6.54 Å². The second-order valence-electron chi connectivity index (χ2n) is 6.10. The monoisotopic (exact) mass is 413 g/mol. The minimum Gasteiger partial charge on any atom is -0.454 e. The number of urea groups is 1. The van der Waals surface area contributed by atoms with Crippen LogP contribution < -0.4 is 25.4 Å². The van der Waals surface area contributed by atoms with Gasteiger partial charge in [0.15, 0.2) is 11.5 Å². The highest BCUT2D eigenvalue weighted by Crippen LogP contribution is 2.32. The Morgan fingerprint density at radius 1 is 1.03 bits per heavy atom. The first-order valence-corrected chi connectivity index (χ1v) is 8.93. The summed E-state index contributed by atoms with van der Waals surface area (Å²) in [5.41, 5.74) is 0.637. The van der Waals surface area contributed by atoms with E-state index in [0.717, 1.165) is 0 Å². The molecular weight excluding hydrogens is 394 g/mol. The third kappa shape index (κ3) is 5.04. The summed E-state index contributed by atoms with van der Waals surface area (Å²) in [6.07, 6.45) is -1.36. The standard InChI is InChI=1S/C20H19N3O7/c1-21-20(27)23-19(26)17(12-5-3-2-4-6-12)30-16(24)10-22-18(25)13-7-8-14-15(9-13)29-11-28-14/h2-9,17H,10-11H2,1H3,(H,22,25)(H2,21,23,26,27). The highest BCUT2D eigenvalue weighted by atomic mass is 16.7. The van der Waals surface area contributed by atoms with Crippen molar-refractivity contribution in [2.24, 2.45) is 0 Å². The van der Waals surface area contributed by atoms with E-state index in [4.69, 9.17) is 14.2 Å². The van der Waals surface area contributed by atoms with Gasteiger partial charge in [-0.05, 0) is 18.2 Å². The van der Waals surface area contributed by atoms with Crippen LogP contribution in [0.4, 0.5) is 4.79 Å². The lowest BCUT2D eigenvalue weighted by Crippen LogP contribution is -2.42. The Morgan fingerprint density at radius 2 is 1.77 bits per heavy atom. The maximum atomic E-state index is 12.4. The van der Waals surface area contributed by atoms with Crippen molar-refractivity contribution >= 4 is 23.8 Å². The fourth-order valence-corrected chi connectivity index (χ4v) is 2.61. The van der Waals surface area contributed by atoms with Crippen molar-refractivity contribution in [1.82, 2.24) is 16.0 Å². The smallest absolute Gasteiger partial charge is 0.326 e. The Balaban J connectivity index is 1.62. The number of esters is 1. The molecule has 156 valence electrons. The number of benzene rings is 2. The van der Waals surface area contributed by atoms with Crippen molar-refractivity contribution in [3.63, 3.8) is 0 Å². The van der Waals surface area contributed by atoms with Crippen molar-refractivity contribution in [3.8, 4) is 11.5 Å². The number of amides is 4. The highest BCUT2D eigenvalue weighted by Gasteiger charge is 2.26. The molecular formula is C20H19N3O7. The number of fused-ring (bicyclic) bond motifs is 1. The molecule has 2 aromatic rings. The van der Waals surface area contributed by atoms with E-state index < -0.39 is 36.5 Å². The zero-order valence-corrected chi connectivity index (χ0v) is 16.0. The number of hydrogen-bond acceptors (Lipinski definition) is 7. The van der Waals surface area contributed by atoms with Crippen LogP contribution in [0.5, 0.6) is 11.5 Å². The molecule has 10 heteroatoms. The molecule has 1 heterocycles. The molecule has 0 fully saturated rings. The van der Waals surface area contributed by atoms with E-state index in [1.54, 1.807) is 36.4 Å². The summed E-state index contributed by atoms with van der Waals surface area (Å²) >= 11 is 0. The average molecular weight is 413 g/mol. The molecule has 3 N–H and O–H groups in total. The number of carbonyl (C=O) groups excluding carboxylic acids is 4. The summed E-state index contributed by atoms with van der Waals surface area (Å²) in [5.74, 6) is -1.25. The predicted molar refractivity (Wildman–Crippen MR) is 103 cm³/mol. The van der Waals surface area contributed by atoms with Gasteiger partial charge in [0.2, 0.25) is 12.9 Å². The molecule has 0 radical (unpaired) electrons. The van der Waals surface area contributed by atoms with Crippen LogP contribution in [0.3, 0.4) is 0 Å². The third-order valence-corrected chi connectivity index (χ3v) is 4.08. The van der Waals surface area contributed by atoms with Gasteiger partial charge in [-0.15, -0.1) is 0 Å². The molecule has 0 aromatic heterocycles. The topological polar surface area (TPSA) is 132 Å². The lowest BCUT2D eigenvalue weighted by molar-refractivity contribution is -0.155. The van der Waals surface area contributed by atoms with Crippen molar-refractivity contribution in [1.29, 1.82) is 0 Å². The van der Waals surface area contributed by atoms with Crippen LogP contribution in [0.25, 0.3) is 0 Å². The summed E-state index contributed by atoms with van der Waals surface area (Å²) in [4.78, 5) is 48.3. The van der Waals surface area contributed by atoms with Gasteiger partial charge in [-0.25, -0.2) is 4.79 Å². The van der Waals surface area contributed by atoms with Crippen molar-refractivity contribution in [3.05, 3.63) is 59.7 Å². The summed E-state index contributed by atoms with van der Waals surface area (Å²) in [7, 11) is 1.35. The number of ether oxygens (including phenoxy) is 3. The van der Waals surface area contributed by atoms with E-state index in [0.29, 0.717) is 17.1 Å². The molecule has 0 saturated carbocycles. The van der Waals surface area contributed by atoms with Gasteiger partial charge in [0, 0.05) is 18.2 Å². The Bertz CT molecular complexity index is 962. The molecule has 0 aliphatic carbocycles. The fourth-order valence-electron chi connectivity index (χ4n) is 2.61. The largest absolute Gasteiger partial charge is 0.454 e. The van der Waals surface area contributed by atoms with Gasteiger partial charge in [-0.1, -0.05) is 30.3 Å². The van der Waals surface area contributed by atoms with Gasteiger partial charge in [0.05, 0.1) is 0 Å². The summed E-state index contributed by atoms with van der Waals surface area (Å²) in [6.45, 7) is -0.407. The van der Waals surface area contributed by atoms with E-state index in [1.807, 2.05) is 0 Å². The van der Waals surface area contributed by atoms with Crippen LogP contribution in [0.15, 0.2) is 48.5 Å². The molecule has 0 bridgehead atoms. The predicted octanol–water partition coefficient (Wildman–Crippen LogP) is 0.885. The zero-order chi connectivity index (χ0) is 21.5. The van der Waals surface area contributed by atoms with E-state index >= 15 is 0 Å². The normalized spacial score (nSPS) is 12.4. The van der Waals surface area contributed by atoms with Crippen LogP contribution in [-0.4, -0.2) is 44.2 Å². The third-order valence-electron chi connectivity index (χ3n) is 4.08. The molecule has 30 heavy (non-hydrogen) atoms. The van der Waals surface area contributed by atoms with E-state index in [2.05, 4.69) is 16.0 Å². The van der Waals surface area contributed by atoms with Gasteiger partial charge in [-0.2, -0.15) is 0 Å². The number of carbonyl (C=O) groups is 4. The minimum absolute atomic E-state index is 0.0751.